The summed E-state index contributed by atoms with van der Waals surface area (Å²) in [5, 5.41) is 12.8. The van der Waals surface area contributed by atoms with E-state index in [1.54, 1.807) is 4.57 Å². The summed E-state index contributed by atoms with van der Waals surface area (Å²) >= 11 is 0. The molecule has 3 heterocycles. The van der Waals surface area contributed by atoms with Gasteiger partial charge in [0.15, 0.2) is 11.6 Å². The molecule has 2 aromatic rings. The molecule has 0 bridgehead atoms. The lowest BCUT2D eigenvalue weighted by Crippen LogP contribution is -2.48. The summed E-state index contributed by atoms with van der Waals surface area (Å²) in [5.74, 6) is -2.22. The number of carbonyl (C=O) groups excluding carboxylic acids is 1. The summed E-state index contributed by atoms with van der Waals surface area (Å²) < 4.78 is 22.8. The number of carboxylic acids is 1. The fraction of sp³-hybridized carbons (Fsp3) is 0.500. The molecule has 0 radical (unpaired) electrons. The van der Waals surface area contributed by atoms with Gasteiger partial charge in [0, 0.05) is 24.8 Å². The molecule has 8 nitrogen and oxygen atoms in total. The molecule has 5 rings (SSSR count). The van der Waals surface area contributed by atoms with Crippen LogP contribution < -0.4 is 20.4 Å². The van der Waals surface area contributed by atoms with E-state index in [9.17, 15) is 19.5 Å². The first-order valence-electron chi connectivity index (χ1n) is 10.5. The molecule has 2 N–H and O–H groups in total. The molecule has 1 aromatic carbocycles. The molecule has 1 aromatic heterocycles. The van der Waals surface area contributed by atoms with Crippen LogP contribution in [0.15, 0.2) is 17.1 Å². The second kappa shape index (κ2) is 6.78. The van der Waals surface area contributed by atoms with Crippen LogP contribution in [0.4, 0.5) is 10.1 Å². The largest absolute Gasteiger partial charge is 0.492 e. The number of rotatable bonds is 4. The Balaban J connectivity index is 1.77. The third-order valence-electron chi connectivity index (χ3n) is 6.97. The van der Waals surface area contributed by atoms with Gasteiger partial charge in [-0.1, -0.05) is 0 Å². The third-order valence-corrected chi connectivity index (χ3v) is 6.97. The van der Waals surface area contributed by atoms with Gasteiger partial charge in [0.1, 0.15) is 11.3 Å². The van der Waals surface area contributed by atoms with Crippen LogP contribution in [0.2, 0.25) is 0 Å². The highest BCUT2D eigenvalue weighted by Crippen LogP contribution is 2.47. The van der Waals surface area contributed by atoms with E-state index >= 15 is 4.39 Å². The number of hydrogen-bond acceptors (Lipinski definition) is 5. The normalized spacial score (nSPS) is 25.7. The minimum Gasteiger partial charge on any atom is -0.492 e. The number of carbonyl (C=O) groups is 2. The van der Waals surface area contributed by atoms with E-state index in [0.29, 0.717) is 18.5 Å². The first-order valence-corrected chi connectivity index (χ1v) is 10.5. The van der Waals surface area contributed by atoms with Crippen molar-refractivity contribution >= 4 is 28.5 Å². The predicted molar refractivity (Wildman–Crippen MR) is 111 cm³/mol. The summed E-state index contributed by atoms with van der Waals surface area (Å²) in [4.78, 5) is 39.2. The molecule has 3 fully saturated rings. The van der Waals surface area contributed by atoms with Crippen molar-refractivity contribution in [2.24, 2.45) is 5.41 Å². The molecule has 1 saturated carbocycles. The van der Waals surface area contributed by atoms with Crippen LogP contribution in [0.25, 0.3) is 10.9 Å². The van der Waals surface area contributed by atoms with E-state index in [0.717, 1.165) is 31.9 Å². The van der Waals surface area contributed by atoms with Crippen molar-refractivity contribution in [3.8, 4) is 5.75 Å². The summed E-state index contributed by atoms with van der Waals surface area (Å²) in [7, 11) is 1.37. The van der Waals surface area contributed by atoms with Crippen molar-refractivity contribution in [1.29, 1.82) is 0 Å². The lowest BCUT2D eigenvalue weighted by molar-refractivity contribution is -0.126. The maximum absolute atomic E-state index is 15.5. The quantitative estimate of drug-likeness (QED) is 0.774. The zero-order valence-corrected chi connectivity index (χ0v) is 17.4. The molecule has 2 saturated heterocycles. The lowest BCUT2D eigenvalue weighted by Gasteiger charge is -2.33. The predicted octanol–water partition coefficient (Wildman–Crippen LogP) is 2.29. The van der Waals surface area contributed by atoms with E-state index in [2.05, 4.69) is 5.32 Å². The summed E-state index contributed by atoms with van der Waals surface area (Å²) in [6.45, 7) is 3.00. The summed E-state index contributed by atoms with van der Waals surface area (Å²) in [6.07, 6.45) is 4.53. The Bertz CT molecular complexity index is 1190. The first kappa shape index (κ1) is 20.0. The number of aromatic nitrogens is 1. The van der Waals surface area contributed by atoms with Crippen molar-refractivity contribution in [3.63, 3.8) is 0 Å². The number of carboxylic acid groups (broad SMARTS) is 1. The van der Waals surface area contributed by atoms with Crippen molar-refractivity contribution in [2.75, 3.05) is 25.1 Å². The van der Waals surface area contributed by atoms with Crippen LogP contribution in [0.1, 0.15) is 49.0 Å². The molecule has 0 spiro atoms. The molecule has 2 atom stereocenters. The van der Waals surface area contributed by atoms with Crippen molar-refractivity contribution in [3.05, 3.63) is 33.9 Å². The number of anilines is 1. The zero-order valence-electron chi connectivity index (χ0n) is 17.4. The Hall–Kier alpha value is -2.94. The molecule has 2 aliphatic heterocycles. The van der Waals surface area contributed by atoms with E-state index in [1.165, 1.54) is 18.2 Å². The Morgan fingerprint density at radius 3 is 2.71 bits per heavy atom. The number of halogens is 1. The van der Waals surface area contributed by atoms with Gasteiger partial charge in [0.25, 0.3) is 0 Å². The monoisotopic (exact) mass is 429 g/mol. The molecule has 31 heavy (non-hydrogen) atoms. The fourth-order valence-corrected chi connectivity index (χ4v) is 5.10. The molecular weight excluding hydrogens is 405 g/mol. The van der Waals surface area contributed by atoms with Crippen molar-refractivity contribution < 1.29 is 23.8 Å². The number of methoxy groups -OCH3 is 1. The second-order valence-corrected chi connectivity index (χ2v) is 8.90. The van der Waals surface area contributed by atoms with E-state index in [-0.39, 0.29) is 34.8 Å². The number of hydrogen-bond donors (Lipinski definition) is 2. The molecule has 0 unspecified atom stereocenters. The highest BCUT2D eigenvalue weighted by Gasteiger charge is 2.53. The third kappa shape index (κ3) is 2.79. The Kier molecular flexibility index (Phi) is 4.37. The molecular formula is C22H24FN3O5. The van der Waals surface area contributed by atoms with Gasteiger partial charge in [-0.15, -0.1) is 0 Å². The number of amides is 1. The molecule has 3 aliphatic rings. The average Bonchev–Trinajstić information content (AvgIpc) is 3.54. The zero-order chi connectivity index (χ0) is 22.1. The smallest absolute Gasteiger partial charge is 0.341 e. The van der Waals surface area contributed by atoms with E-state index in [1.807, 2.05) is 6.92 Å². The summed E-state index contributed by atoms with van der Waals surface area (Å²) in [6, 6.07) is 0.948. The first-order chi connectivity index (χ1) is 14.8. The van der Waals surface area contributed by atoms with Gasteiger partial charge in [0.2, 0.25) is 11.3 Å². The van der Waals surface area contributed by atoms with Gasteiger partial charge in [0.05, 0.1) is 23.4 Å². The van der Waals surface area contributed by atoms with Gasteiger partial charge >= 0.3 is 5.97 Å². The number of nitrogens with one attached hydrogen (secondary N) is 1. The van der Waals surface area contributed by atoms with Gasteiger partial charge in [-0.25, -0.2) is 9.18 Å². The Morgan fingerprint density at radius 1 is 1.35 bits per heavy atom. The lowest BCUT2D eigenvalue weighted by atomic mass is 9.78. The van der Waals surface area contributed by atoms with Crippen LogP contribution in [0.3, 0.4) is 0 Å². The van der Waals surface area contributed by atoms with Crippen LogP contribution in [0.5, 0.6) is 5.75 Å². The van der Waals surface area contributed by atoms with Crippen LogP contribution in [-0.2, 0) is 4.79 Å². The topological polar surface area (TPSA) is 101 Å². The molecule has 9 heteroatoms. The maximum atomic E-state index is 15.5. The maximum Gasteiger partial charge on any atom is 0.341 e. The van der Waals surface area contributed by atoms with Crippen molar-refractivity contribution in [1.82, 2.24) is 9.88 Å². The second-order valence-electron chi connectivity index (χ2n) is 8.90. The van der Waals surface area contributed by atoms with Crippen molar-refractivity contribution in [2.45, 2.75) is 44.7 Å². The number of pyridine rings is 1. The van der Waals surface area contributed by atoms with Crippen LogP contribution in [-0.4, -0.2) is 47.8 Å². The molecule has 1 amide bonds. The number of benzene rings is 1. The average molecular weight is 429 g/mol. The van der Waals surface area contributed by atoms with Gasteiger partial charge in [-0.05, 0) is 45.2 Å². The van der Waals surface area contributed by atoms with Crippen LogP contribution >= 0.6 is 0 Å². The van der Waals surface area contributed by atoms with Gasteiger partial charge in [-0.2, -0.15) is 0 Å². The highest BCUT2D eigenvalue weighted by atomic mass is 19.1. The number of aromatic carboxylic acids is 1. The minimum absolute atomic E-state index is 0.00413. The Morgan fingerprint density at radius 2 is 2.10 bits per heavy atom. The fourth-order valence-electron chi connectivity index (χ4n) is 5.10. The SMILES string of the molecule is COc1c(N2C[C@H]3NCCC[C@]3(C)C2=O)c(F)cc2c(=O)c(C(=O)O)cn(C3CC3)c12. The van der Waals surface area contributed by atoms with Crippen LogP contribution in [0, 0.1) is 11.2 Å². The van der Waals surface area contributed by atoms with E-state index < -0.39 is 28.2 Å². The number of ether oxygens (including phenoxy) is 1. The Labute approximate surface area is 177 Å². The van der Waals surface area contributed by atoms with Gasteiger partial charge < -0.3 is 24.6 Å². The summed E-state index contributed by atoms with van der Waals surface area (Å²) in [5.41, 5.74) is -1.47. The minimum atomic E-state index is -1.36. The number of nitrogens with zero attached hydrogens (tertiary/aromatic N) is 2. The van der Waals surface area contributed by atoms with Gasteiger partial charge in [-0.3, -0.25) is 9.59 Å². The molecule has 164 valence electrons. The molecule has 1 aliphatic carbocycles. The highest BCUT2D eigenvalue weighted by molar-refractivity contribution is 6.05. The number of piperidine rings is 1. The number of fused-ring (bicyclic) bond motifs is 2. The van der Waals surface area contributed by atoms with E-state index in [4.69, 9.17) is 4.74 Å². The standard InChI is InChI=1S/C22H24FN3O5/c1-22-6-3-7-24-15(22)10-26(21(22)30)17-14(23)8-12-16(19(17)31-2)25(11-4-5-11)9-13(18(12)27)20(28)29/h8-9,11,15,24H,3-7,10H2,1-2H3,(H,28,29)/t15-,22+/m1/s1.